The molecule has 0 bridgehead atoms. The van der Waals surface area contributed by atoms with E-state index < -0.39 is 0 Å². The van der Waals surface area contributed by atoms with Gasteiger partial charge >= 0.3 is 0 Å². The van der Waals surface area contributed by atoms with Gasteiger partial charge in [-0.3, -0.25) is 9.69 Å². The Labute approximate surface area is 150 Å². The van der Waals surface area contributed by atoms with E-state index in [1.165, 1.54) is 11.3 Å². The first-order valence-corrected chi connectivity index (χ1v) is 10.1. The number of carbonyl (C=O) groups is 1. The van der Waals surface area contributed by atoms with Gasteiger partial charge in [-0.15, -0.1) is 21.5 Å². The van der Waals surface area contributed by atoms with Crippen molar-refractivity contribution < 1.29 is 9.21 Å². The molecular formula is C15H14N4O2S3. The summed E-state index contributed by atoms with van der Waals surface area (Å²) in [6.07, 6.45) is 3.77. The molecular weight excluding hydrogens is 364 g/mol. The van der Waals surface area contributed by atoms with Crippen LogP contribution >= 0.6 is 34.4 Å². The lowest BCUT2D eigenvalue weighted by atomic mass is 10.5. The van der Waals surface area contributed by atoms with E-state index in [0.29, 0.717) is 22.8 Å². The minimum atomic E-state index is 0.0299. The van der Waals surface area contributed by atoms with Crippen LogP contribution in [0.15, 0.2) is 32.5 Å². The number of nitrogens with zero attached hydrogens (tertiary/aromatic N) is 4. The van der Waals surface area contributed by atoms with Gasteiger partial charge in [-0.2, -0.15) is 0 Å². The van der Waals surface area contributed by atoms with Crippen molar-refractivity contribution in [1.29, 1.82) is 0 Å². The Kier molecular flexibility index (Phi) is 4.38. The molecule has 0 saturated heterocycles. The first-order chi connectivity index (χ1) is 11.7. The van der Waals surface area contributed by atoms with Crippen LogP contribution in [0.2, 0.25) is 0 Å². The Morgan fingerprint density at radius 1 is 1.46 bits per heavy atom. The second-order valence-corrected chi connectivity index (χ2v) is 8.51. The zero-order chi connectivity index (χ0) is 16.5. The van der Waals surface area contributed by atoms with Crippen molar-refractivity contribution in [2.75, 3.05) is 4.90 Å². The normalized spacial score (nSPS) is 14.0. The summed E-state index contributed by atoms with van der Waals surface area (Å²) in [5.41, 5.74) is 0.866. The summed E-state index contributed by atoms with van der Waals surface area (Å²) in [5, 5.41) is 11.0. The highest BCUT2D eigenvalue weighted by atomic mass is 32.2. The molecule has 24 heavy (non-hydrogen) atoms. The Morgan fingerprint density at radius 3 is 3.04 bits per heavy atom. The van der Waals surface area contributed by atoms with Crippen LogP contribution in [0, 0.1) is 0 Å². The largest absolute Gasteiger partial charge is 0.444 e. The first kappa shape index (κ1) is 15.8. The van der Waals surface area contributed by atoms with Gasteiger partial charge in [-0.1, -0.05) is 29.2 Å². The molecule has 3 aromatic rings. The molecule has 0 spiro atoms. The molecule has 1 aliphatic carbocycles. The quantitative estimate of drug-likeness (QED) is 0.476. The number of amides is 1. The second-order valence-electron chi connectivity index (χ2n) is 5.38. The molecule has 1 amide bonds. The lowest BCUT2D eigenvalue weighted by Crippen LogP contribution is -2.30. The van der Waals surface area contributed by atoms with Crippen molar-refractivity contribution in [1.82, 2.24) is 15.2 Å². The van der Waals surface area contributed by atoms with Crippen LogP contribution in [0.3, 0.4) is 0 Å². The summed E-state index contributed by atoms with van der Waals surface area (Å²) in [4.78, 5) is 19.0. The van der Waals surface area contributed by atoms with Gasteiger partial charge in [-0.05, 0) is 24.3 Å². The van der Waals surface area contributed by atoms with Crippen LogP contribution in [0.25, 0.3) is 10.8 Å². The second kappa shape index (κ2) is 6.66. The van der Waals surface area contributed by atoms with Gasteiger partial charge in [-0.25, -0.2) is 4.98 Å². The molecule has 3 heterocycles. The number of oxazole rings is 1. The molecule has 3 aromatic heterocycles. The monoisotopic (exact) mass is 378 g/mol. The van der Waals surface area contributed by atoms with E-state index in [1.807, 2.05) is 17.5 Å². The Balaban J connectivity index is 1.40. The molecule has 6 nitrogen and oxygen atoms in total. The van der Waals surface area contributed by atoms with Gasteiger partial charge in [0.15, 0.2) is 4.34 Å². The maximum atomic E-state index is 11.8. The molecule has 1 aliphatic rings. The van der Waals surface area contributed by atoms with Crippen LogP contribution in [0.1, 0.15) is 25.5 Å². The smallest absolute Gasteiger partial charge is 0.236 e. The molecule has 9 heteroatoms. The fraction of sp³-hybridized carbons (Fsp3) is 0.333. The number of aromatic nitrogens is 3. The lowest BCUT2D eigenvalue weighted by Gasteiger charge is -2.15. The van der Waals surface area contributed by atoms with Crippen LogP contribution < -0.4 is 4.90 Å². The molecule has 124 valence electrons. The molecule has 4 rings (SSSR count). The Bertz CT molecular complexity index is 839. The molecule has 0 unspecified atom stereocenters. The van der Waals surface area contributed by atoms with Crippen molar-refractivity contribution in [3.8, 4) is 10.8 Å². The van der Waals surface area contributed by atoms with Gasteiger partial charge in [0.1, 0.15) is 6.26 Å². The average molecular weight is 379 g/mol. The number of thioether (sulfide) groups is 1. The maximum Gasteiger partial charge on any atom is 0.236 e. The van der Waals surface area contributed by atoms with Crippen LogP contribution in [0.5, 0.6) is 0 Å². The lowest BCUT2D eigenvalue weighted by molar-refractivity contribution is -0.116. The molecule has 0 aliphatic heterocycles. The molecule has 0 aromatic carbocycles. The van der Waals surface area contributed by atoms with Crippen LogP contribution in [-0.2, 0) is 10.5 Å². The van der Waals surface area contributed by atoms with E-state index in [4.69, 9.17) is 4.42 Å². The molecule has 1 fully saturated rings. The highest BCUT2D eigenvalue weighted by Gasteiger charge is 2.34. The summed E-state index contributed by atoms with van der Waals surface area (Å²) in [7, 11) is 0. The van der Waals surface area contributed by atoms with Gasteiger partial charge < -0.3 is 4.42 Å². The van der Waals surface area contributed by atoms with Crippen LogP contribution in [-0.4, -0.2) is 27.1 Å². The number of anilines is 1. The third-order valence-corrected chi connectivity index (χ3v) is 6.43. The Hall–Kier alpha value is -1.71. The number of rotatable bonds is 6. The number of carbonyl (C=O) groups excluding carboxylic acids is 1. The predicted octanol–water partition coefficient (Wildman–Crippen LogP) is 4.06. The van der Waals surface area contributed by atoms with Gasteiger partial charge in [0.25, 0.3) is 0 Å². The average Bonchev–Trinajstić information content (AvgIpc) is 3.02. The highest BCUT2D eigenvalue weighted by Crippen LogP contribution is 2.36. The minimum absolute atomic E-state index is 0.0299. The van der Waals surface area contributed by atoms with E-state index in [2.05, 4.69) is 15.2 Å². The molecule has 1 saturated carbocycles. The van der Waals surface area contributed by atoms with E-state index in [0.717, 1.165) is 27.8 Å². The highest BCUT2D eigenvalue weighted by molar-refractivity contribution is 8.00. The van der Waals surface area contributed by atoms with Gasteiger partial charge in [0.2, 0.25) is 16.9 Å². The predicted molar refractivity (Wildman–Crippen MR) is 95.5 cm³/mol. The third kappa shape index (κ3) is 3.38. The molecule has 0 atom stereocenters. The van der Waals surface area contributed by atoms with E-state index in [9.17, 15) is 4.79 Å². The fourth-order valence-electron chi connectivity index (χ4n) is 2.26. The summed E-state index contributed by atoms with van der Waals surface area (Å²) in [6.45, 7) is 1.58. The van der Waals surface area contributed by atoms with Crippen molar-refractivity contribution in [3.05, 3.63) is 29.5 Å². The van der Waals surface area contributed by atoms with Crippen LogP contribution in [0.4, 0.5) is 5.13 Å². The van der Waals surface area contributed by atoms with Crippen molar-refractivity contribution in [2.24, 2.45) is 0 Å². The fourth-order valence-corrected chi connectivity index (χ4v) is 4.75. The van der Waals surface area contributed by atoms with Crippen molar-refractivity contribution in [2.45, 2.75) is 35.9 Å². The standard InChI is InChI=1S/C15H14N4O2S3/c1-9(20)19(11-4-5-11)14-17-18-15(24-14)23-8-10-7-21-13(16-10)12-3-2-6-22-12/h2-3,6-7,11H,4-5,8H2,1H3. The van der Waals surface area contributed by atoms with E-state index in [-0.39, 0.29) is 5.91 Å². The summed E-state index contributed by atoms with van der Waals surface area (Å²) in [5.74, 6) is 1.34. The number of hydrogen-bond donors (Lipinski definition) is 0. The third-order valence-electron chi connectivity index (χ3n) is 3.48. The van der Waals surface area contributed by atoms with Gasteiger partial charge in [0.05, 0.1) is 10.6 Å². The zero-order valence-corrected chi connectivity index (χ0v) is 15.3. The van der Waals surface area contributed by atoms with Crippen molar-refractivity contribution in [3.63, 3.8) is 0 Å². The van der Waals surface area contributed by atoms with Crippen molar-refractivity contribution >= 4 is 45.5 Å². The van der Waals surface area contributed by atoms with E-state index in [1.54, 1.807) is 41.2 Å². The maximum absolute atomic E-state index is 11.8. The Morgan fingerprint density at radius 2 is 2.33 bits per heavy atom. The minimum Gasteiger partial charge on any atom is -0.444 e. The SMILES string of the molecule is CC(=O)N(c1nnc(SCc2coc(-c3cccs3)n2)s1)C1CC1. The number of hydrogen-bond acceptors (Lipinski definition) is 8. The summed E-state index contributed by atoms with van der Waals surface area (Å²) in [6, 6.07) is 4.26. The van der Waals surface area contributed by atoms with E-state index >= 15 is 0 Å². The molecule has 0 N–H and O–H groups in total. The zero-order valence-electron chi connectivity index (χ0n) is 12.8. The number of thiophene rings is 1. The van der Waals surface area contributed by atoms with Gasteiger partial charge in [0, 0.05) is 18.7 Å². The summed E-state index contributed by atoms with van der Waals surface area (Å²) < 4.78 is 6.34. The molecule has 0 radical (unpaired) electrons. The topological polar surface area (TPSA) is 72.1 Å². The summed E-state index contributed by atoms with van der Waals surface area (Å²) >= 11 is 4.61. The first-order valence-electron chi connectivity index (χ1n) is 7.45.